The van der Waals surface area contributed by atoms with E-state index in [0.29, 0.717) is 24.5 Å². The fourth-order valence-corrected chi connectivity index (χ4v) is 6.68. The summed E-state index contributed by atoms with van der Waals surface area (Å²) >= 11 is 0. The molecule has 2 N–H and O–H groups in total. The van der Waals surface area contributed by atoms with Crippen LogP contribution in [0.2, 0.25) is 0 Å². The Hall–Kier alpha value is -4.03. The molecule has 0 spiro atoms. The van der Waals surface area contributed by atoms with Crippen molar-refractivity contribution >= 4 is 39.8 Å². The summed E-state index contributed by atoms with van der Waals surface area (Å²) in [6.07, 6.45) is 5.47. The highest BCUT2D eigenvalue weighted by atomic mass is 32.2. The van der Waals surface area contributed by atoms with Gasteiger partial charge < -0.3 is 14.8 Å². The van der Waals surface area contributed by atoms with Crippen molar-refractivity contribution in [2.24, 2.45) is 0 Å². The molecule has 4 aromatic rings. The van der Waals surface area contributed by atoms with Crippen LogP contribution < -0.4 is 10.0 Å². The van der Waals surface area contributed by atoms with Crippen molar-refractivity contribution in [1.29, 1.82) is 0 Å². The number of carbonyl (C=O) groups is 2. The molecule has 1 atom stereocenters. The summed E-state index contributed by atoms with van der Waals surface area (Å²) in [6.45, 7) is 12.4. The predicted octanol–water partition coefficient (Wildman–Crippen LogP) is 5.59. The van der Waals surface area contributed by atoms with E-state index in [1.807, 2.05) is 53.7 Å². The van der Waals surface area contributed by atoms with E-state index in [-0.39, 0.29) is 5.03 Å². The molecule has 11 nitrogen and oxygen atoms in total. The number of fused-ring (bicyclic) bond motifs is 3. The van der Waals surface area contributed by atoms with E-state index in [9.17, 15) is 13.8 Å². The number of benzene rings is 1. The van der Waals surface area contributed by atoms with E-state index in [1.165, 1.54) is 10.1 Å². The molecule has 4 heterocycles. The van der Waals surface area contributed by atoms with E-state index in [2.05, 4.69) is 26.2 Å². The van der Waals surface area contributed by atoms with Gasteiger partial charge >= 0.3 is 12.1 Å². The number of aryl methyl sites for hydroxylation is 2. The molecule has 2 aliphatic rings. The molecule has 1 aromatic carbocycles. The number of rotatable bonds is 4. The Morgan fingerprint density at radius 3 is 2.70 bits per heavy atom. The first kappa shape index (κ1) is 29.1. The van der Waals surface area contributed by atoms with Gasteiger partial charge in [-0.2, -0.15) is 5.10 Å². The van der Waals surface area contributed by atoms with Crippen LogP contribution in [-0.2, 0) is 45.4 Å². The topological polar surface area (TPSA) is 129 Å². The van der Waals surface area contributed by atoms with Crippen molar-refractivity contribution in [2.45, 2.75) is 83.6 Å². The number of nitrogens with zero attached hydrogens (tertiary/aromatic N) is 4. The maximum Gasteiger partial charge on any atom is 0.420 e. The molecule has 12 heteroatoms. The van der Waals surface area contributed by atoms with E-state index < -0.39 is 34.3 Å². The molecule has 0 saturated heterocycles. The summed E-state index contributed by atoms with van der Waals surface area (Å²) < 4.78 is 30.4. The van der Waals surface area contributed by atoms with Gasteiger partial charge in [-0.1, -0.05) is 6.07 Å². The average Bonchev–Trinajstić information content (AvgIpc) is 3.66. The quantitative estimate of drug-likeness (QED) is 0.311. The van der Waals surface area contributed by atoms with Crippen LogP contribution in [0.3, 0.4) is 0 Å². The third-order valence-corrected chi connectivity index (χ3v) is 8.75. The highest BCUT2D eigenvalue weighted by molar-refractivity contribution is 7.83. The number of nitrogens with one attached hydrogen (secondary N) is 2. The molecule has 1 aliphatic heterocycles. The Bertz CT molecular complexity index is 1800. The summed E-state index contributed by atoms with van der Waals surface area (Å²) in [6, 6.07) is 6.99. The van der Waals surface area contributed by atoms with Gasteiger partial charge in [-0.25, -0.2) is 23.3 Å². The van der Waals surface area contributed by atoms with Gasteiger partial charge in [-0.3, -0.25) is 9.40 Å². The predicted molar refractivity (Wildman–Crippen MR) is 163 cm³/mol. The van der Waals surface area contributed by atoms with E-state index in [4.69, 9.17) is 9.47 Å². The van der Waals surface area contributed by atoms with Gasteiger partial charge in [0.05, 0.1) is 24.5 Å². The van der Waals surface area contributed by atoms with Crippen LogP contribution in [0.4, 0.5) is 15.3 Å². The highest BCUT2D eigenvalue weighted by Gasteiger charge is 2.32. The molecule has 0 fully saturated rings. The lowest BCUT2D eigenvalue weighted by molar-refractivity contribution is -0.0532. The Labute approximate surface area is 252 Å². The Kier molecular flexibility index (Phi) is 7.16. The highest BCUT2D eigenvalue weighted by Crippen LogP contribution is 2.42. The van der Waals surface area contributed by atoms with Crippen molar-refractivity contribution in [2.75, 3.05) is 11.9 Å². The van der Waals surface area contributed by atoms with Crippen LogP contribution in [0.1, 0.15) is 63.4 Å². The molecule has 1 aliphatic carbocycles. The Morgan fingerprint density at radius 2 is 1.95 bits per heavy atom. The number of carbonyl (C=O) groups excluding carboxylic acids is 2. The van der Waals surface area contributed by atoms with Crippen LogP contribution in [0, 0.1) is 6.92 Å². The van der Waals surface area contributed by atoms with E-state index >= 15 is 0 Å². The monoisotopic (exact) mass is 604 g/mol. The number of amides is 2. The first-order valence-corrected chi connectivity index (χ1v) is 15.5. The molecular weight excluding hydrogens is 568 g/mol. The summed E-state index contributed by atoms with van der Waals surface area (Å²) in [4.78, 5) is 30.8. The van der Waals surface area contributed by atoms with Gasteiger partial charge in [-0.05, 0) is 95.2 Å². The second-order valence-electron chi connectivity index (χ2n) is 12.5. The van der Waals surface area contributed by atoms with Crippen molar-refractivity contribution in [1.82, 2.24) is 24.1 Å². The summed E-state index contributed by atoms with van der Waals surface area (Å²) in [5.41, 5.74) is 5.55. The van der Waals surface area contributed by atoms with Crippen LogP contribution in [-0.4, -0.2) is 47.9 Å². The largest absolute Gasteiger partial charge is 0.443 e. The van der Waals surface area contributed by atoms with Gasteiger partial charge in [0.1, 0.15) is 16.8 Å². The molecule has 3 aromatic heterocycles. The zero-order valence-electron chi connectivity index (χ0n) is 25.2. The molecule has 2 amide bonds. The normalized spacial score (nSPS) is 16.4. The zero-order chi connectivity index (χ0) is 30.7. The third kappa shape index (κ3) is 5.45. The third-order valence-electron chi connectivity index (χ3n) is 7.80. The SMILES string of the molecule is Cc1cc2c(c(NC(=O)NS(=O)c3cc4n(n3)CCOC4(C)C)c1-c1ccnc3c1ccn3C(=O)OC(C)(C)C)CCC2. The molecule has 226 valence electrons. The summed E-state index contributed by atoms with van der Waals surface area (Å²) in [5.74, 6) is 0. The lowest BCUT2D eigenvalue weighted by Gasteiger charge is -2.30. The summed E-state index contributed by atoms with van der Waals surface area (Å²) in [5, 5.41) is 8.50. The van der Waals surface area contributed by atoms with Crippen molar-refractivity contribution in [3.63, 3.8) is 0 Å². The second-order valence-corrected chi connectivity index (χ2v) is 13.6. The van der Waals surface area contributed by atoms with Crippen LogP contribution in [0.25, 0.3) is 22.2 Å². The zero-order valence-corrected chi connectivity index (χ0v) is 26.1. The smallest absolute Gasteiger partial charge is 0.420 e. The van der Waals surface area contributed by atoms with Gasteiger partial charge in [0, 0.05) is 29.4 Å². The fourth-order valence-electron chi connectivity index (χ4n) is 5.97. The molecule has 6 rings (SSSR count). The minimum absolute atomic E-state index is 0.262. The summed E-state index contributed by atoms with van der Waals surface area (Å²) in [7, 11) is -1.89. The first-order chi connectivity index (χ1) is 20.3. The van der Waals surface area contributed by atoms with Crippen LogP contribution in [0.15, 0.2) is 41.7 Å². The van der Waals surface area contributed by atoms with E-state index in [0.717, 1.165) is 52.6 Å². The lowest BCUT2D eigenvalue weighted by atomic mass is 9.92. The van der Waals surface area contributed by atoms with Crippen molar-refractivity contribution < 1.29 is 23.3 Å². The van der Waals surface area contributed by atoms with Crippen molar-refractivity contribution in [3.8, 4) is 11.1 Å². The molecule has 43 heavy (non-hydrogen) atoms. The van der Waals surface area contributed by atoms with E-state index in [1.54, 1.807) is 23.1 Å². The van der Waals surface area contributed by atoms with Crippen LogP contribution in [0.5, 0.6) is 0 Å². The van der Waals surface area contributed by atoms with Crippen molar-refractivity contribution in [3.05, 3.63) is 59.0 Å². The number of aromatic nitrogens is 4. The lowest BCUT2D eigenvalue weighted by Crippen LogP contribution is -2.33. The first-order valence-electron chi connectivity index (χ1n) is 14.4. The number of urea groups is 1. The Balaban J connectivity index is 1.34. The molecular formula is C31H36N6O5S. The number of anilines is 1. The molecule has 1 unspecified atom stereocenters. The minimum atomic E-state index is -1.89. The standard InChI is InChI=1S/C31H36N6O5S/c1-18-16-19-8-7-9-20(19)26(33-28(38)35-43(40)24-17-23-31(5,6)41-15-14-37(23)34-24)25(18)21-10-12-32-27-22(21)11-13-36(27)29(39)42-30(2,3)4/h10-13,16-17H,7-9,14-15H2,1-6H3,(H2,33,35,38). The molecule has 0 saturated carbocycles. The molecule has 0 bridgehead atoms. The maximum absolute atomic E-state index is 13.4. The van der Waals surface area contributed by atoms with Crippen LogP contribution >= 0.6 is 0 Å². The minimum Gasteiger partial charge on any atom is -0.443 e. The maximum atomic E-state index is 13.4. The number of hydrogen-bond acceptors (Lipinski definition) is 7. The fraction of sp³-hybridized carbons (Fsp3) is 0.419. The van der Waals surface area contributed by atoms with Gasteiger partial charge in [0.15, 0.2) is 16.0 Å². The number of pyridine rings is 1. The van der Waals surface area contributed by atoms with Gasteiger partial charge in [-0.15, -0.1) is 0 Å². The average molecular weight is 605 g/mol. The second kappa shape index (κ2) is 10.6. The number of ether oxygens (including phenoxy) is 2. The molecule has 0 radical (unpaired) electrons. The number of hydrogen-bond donors (Lipinski definition) is 2. The van der Waals surface area contributed by atoms with Gasteiger partial charge in [0.25, 0.3) is 0 Å². The Morgan fingerprint density at radius 1 is 1.16 bits per heavy atom. The van der Waals surface area contributed by atoms with Gasteiger partial charge in [0.2, 0.25) is 0 Å².